The first kappa shape index (κ1) is 45.5. The maximum absolute atomic E-state index is 13.9. The molecule has 0 fully saturated rings. The van der Waals surface area contributed by atoms with E-state index in [0.29, 0.717) is 44.6 Å². The van der Waals surface area contributed by atoms with Crippen LogP contribution in [0.15, 0.2) is 48.5 Å². The van der Waals surface area contributed by atoms with E-state index in [-0.39, 0.29) is 47.4 Å². The molecule has 5 atom stereocenters. The fraction of sp³-hybridized carbons (Fsp3) is 0.538. The van der Waals surface area contributed by atoms with E-state index in [0.717, 1.165) is 42.4 Å². The molecule has 0 spiro atoms. The van der Waals surface area contributed by atoms with Gasteiger partial charge in [-0.05, 0) is 80.9 Å². The first-order valence-corrected chi connectivity index (χ1v) is 19.3. The van der Waals surface area contributed by atoms with Crippen molar-refractivity contribution in [1.29, 1.82) is 0 Å². The minimum atomic E-state index is -1.77. The molecular formula is C39H59ClN8O7. The van der Waals surface area contributed by atoms with Gasteiger partial charge in [0.25, 0.3) is 11.8 Å². The van der Waals surface area contributed by atoms with Gasteiger partial charge in [-0.25, -0.2) is 15.0 Å². The highest BCUT2D eigenvalue weighted by molar-refractivity contribution is 6.31. The minimum absolute atomic E-state index is 0.000273. The second-order valence-corrected chi connectivity index (χ2v) is 14.1. The van der Waals surface area contributed by atoms with E-state index in [1.165, 1.54) is 5.01 Å². The maximum Gasteiger partial charge on any atom is 0.273 e. The number of hydrazine groups is 1. The van der Waals surface area contributed by atoms with Crippen LogP contribution in [0.25, 0.3) is 0 Å². The minimum Gasteiger partial charge on any atom is -0.394 e. The summed E-state index contributed by atoms with van der Waals surface area (Å²) in [6.45, 7) is 7.19. The second-order valence-electron chi connectivity index (χ2n) is 13.8. The molecule has 1 unspecified atom stereocenters. The number of anilines is 2. The Hall–Kier alpha value is -3.93. The summed E-state index contributed by atoms with van der Waals surface area (Å²) >= 11 is 5.99. The third-order valence-electron chi connectivity index (χ3n) is 9.51. The van der Waals surface area contributed by atoms with Crippen LogP contribution in [0.5, 0.6) is 0 Å². The van der Waals surface area contributed by atoms with E-state index < -0.39 is 36.9 Å². The summed E-state index contributed by atoms with van der Waals surface area (Å²) in [7, 11) is 0. The number of unbranched alkanes of at least 4 members (excludes halogenated alkanes) is 3. The van der Waals surface area contributed by atoms with E-state index >= 15 is 0 Å². The molecule has 0 radical (unpaired) electrons. The molecule has 2 amide bonds. The van der Waals surface area contributed by atoms with Gasteiger partial charge in [-0.15, -0.1) is 0 Å². The number of nitrogen functional groups attached to an aromatic ring is 2. The monoisotopic (exact) mass is 786 g/mol. The first-order chi connectivity index (χ1) is 26.3. The van der Waals surface area contributed by atoms with Gasteiger partial charge in [-0.2, -0.15) is 0 Å². The molecule has 15 nitrogen and oxygen atoms in total. The van der Waals surface area contributed by atoms with Crippen LogP contribution < -0.4 is 22.1 Å². The predicted octanol–water partition coefficient (Wildman–Crippen LogP) is 1.72. The number of nitrogens with zero attached hydrogens (tertiary/aromatic N) is 4. The zero-order valence-electron chi connectivity index (χ0n) is 32.1. The van der Waals surface area contributed by atoms with Gasteiger partial charge in [0, 0.05) is 31.7 Å². The third-order valence-corrected chi connectivity index (χ3v) is 9.78. The highest BCUT2D eigenvalue weighted by Gasteiger charge is 2.33. The number of halogens is 1. The molecule has 3 rings (SSSR count). The Bertz CT molecular complexity index is 1650. The highest BCUT2D eigenvalue weighted by Crippen LogP contribution is 2.19. The van der Waals surface area contributed by atoms with E-state index in [9.17, 15) is 35.1 Å². The molecule has 304 valence electrons. The molecule has 2 aromatic carbocycles. The van der Waals surface area contributed by atoms with Crippen molar-refractivity contribution in [2.45, 2.75) is 83.7 Å². The van der Waals surface area contributed by atoms with Crippen LogP contribution in [0.2, 0.25) is 5.15 Å². The van der Waals surface area contributed by atoms with E-state index in [2.05, 4.69) is 33.6 Å². The van der Waals surface area contributed by atoms with Crippen molar-refractivity contribution in [3.63, 3.8) is 0 Å². The Kier molecular flexibility index (Phi) is 19.2. The number of benzene rings is 2. The van der Waals surface area contributed by atoms with Crippen LogP contribution in [0, 0.1) is 12.8 Å². The number of aromatic nitrogens is 2. The number of nitrogens with two attached hydrogens (primary N) is 2. The van der Waals surface area contributed by atoms with Gasteiger partial charge >= 0.3 is 0 Å². The number of nitrogens with one attached hydrogen (secondary N) is 2. The summed E-state index contributed by atoms with van der Waals surface area (Å²) in [6, 6.07) is 15.4. The van der Waals surface area contributed by atoms with Crippen molar-refractivity contribution in [1.82, 2.24) is 30.6 Å². The lowest BCUT2D eigenvalue weighted by Crippen LogP contribution is -2.54. The van der Waals surface area contributed by atoms with Crippen LogP contribution in [-0.4, -0.2) is 128 Å². The number of carbonyl (C=O) groups excluding carboxylic acids is 2. The van der Waals surface area contributed by atoms with Gasteiger partial charge in [0.1, 0.15) is 18.3 Å². The molecular weight excluding hydrogens is 728 g/mol. The lowest BCUT2D eigenvalue weighted by molar-refractivity contribution is -0.130. The molecule has 0 aliphatic rings. The normalized spacial score (nSPS) is 14.3. The smallest absolute Gasteiger partial charge is 0.273 e. The Labute approximate surface area is 328 Å². The Balaban J connectivity index is 1.68. The van der Waals surface area contributed by atoms with Gasteiger partial charge < -0.3 is 47.6 Å². The van der Waals surface area contributed by atoms with E-state index in [4.69, 9.17) is 23.1 Å². The molecule has 1 heterocycles. The topological polar surface area (TPSA) is 244 Å². The highest BCUT2D eigenvalue weighted by atomic mass is 35.5. The number of aliphatic hydroxyl groups excluding tert-OH is 5. The molecule has 0 bridgehead atoms. The molecule has 0 aliphatic carbocycles. The van der Waals surface area contributed by atoms with Crippen LogP contribution in [0.4, 0.5) is 11.6 Å². The van der Waals surface area contributed by atoms with Crippen molar-refractivity contribution in [2.75, 3.05) is 57.3 Å². The average molecular weight is 787 g/mol. The number of hydrogen-bond acceptors (Lipinski definition) is 13. The lowest BCUT2D eigenvalue weighted by atomic mass is 9.95. The van der Waals surface area contributed by atoms with Gasteiger partial charge in [-0.1, -0.05) is 74.2 Å². The summed E-state index contributed by atoms with van der Waals surface area (Å²) < 4.78 is 0. The number of carbonyl (C=O) groups is 2. The fourth-order valence-corrected chi connectivity index (χ4v) is 6.36. The SMILES string of the molecule is CCCCCCN(C[C@H](O)[C@@H](O)[C@H](O)[C@H](O)CO)N(CC)C(=O)c1cccc(CCNCC(CNC(=O)c2nc(Cl)c(N)nc2N)Cc2ccccc2C)c1. The number of aliphatic hydroxyl groups is 5. The molecule has 0 aliphatic heterocycles. The van der Waals surface area contributed by atoms with E-state index in [1.807, 2.05) is 50.2 Å². The van der Waals surface area contributed by atoms with Gasteiger partial charge in [0.2, 0.25) is 0 Å². The summed E-state index contributed by atoms with van der Waals surface area (Å²) in [5.74, 6) is -0.957. The molecule has 55 heavy (non-hydrogen) atoms. The number of amides is 2. The van der Waals surface area contributed by atoms with Crippen molar-refractivity contribution < 1.29 is 35.1 Å². The Morgan fingerprint density at radius 1 is 0.909 bits per heavy atom. The number of aryl methyl sites for hydroxylation is 1. The summed E-state index contributed by atoms with van der Waals surface area (Å²) in [6.07, 6.45) is -1.67. The fourth-order valence-electron chi connectivity index (χ4n) is 6.23. The first-order valence-electron chi connectivity index (χ1n) is 18.9. The summed E-state index contributed by atoms with van der Waals surface area (Å²) in [4.78, 5) is 34.8. The lowest BCUT2D eigenvalue weighted by Gasteiger charge is -2.37. The van der Waals surface area contributed by atoms with Gasteiger partial charge in [0.15, 0.2) is 22.5 Å². The van der Waals surface area contributed by atoms with Crippen LogP contribution >= 0.6 is 11.6 Å². The number of rotatable bonds is 24. The van der Waals surface area contributed by atoms with Gasteiger partial charge in [0.05, 0.1) is 12.7 Å². The predicted molar refractivity (Wildman–Crippen MR) is 213 cm³/mol. The maximum atomic E-state index is 13.9. The van der Waals surface area contributed by atoms with Crippen molar-refractivity contribution in [2.24, 2.45) is 5.92 Å². The molecule has 11 N–H and O–H groups in total. The number of hydrogen-bond donors (Lipinski definition) is 9. The summed E-state index contributed by atoms with van der Waals surface area (Å²) in [5.41, 5.74) is 15.1. The van der Waals surface area contributed by atoms with Crippen molar-refractivity contribution >= 4 is 35.1 Å². The molecule has 1 aromatic heterocycles. The zero-order valence-corrected chi connectivity index (χ0v) is 32.8. The average Bonchev–Trinajstić information content (AvgIpc) is 3.18. The second kappa shape index (κ2) is 23.2. The van der Waals surface area contributed by atoms with Crippen molar-refractivity contribution in [3.05, 3.63) is 81.6 Å². The Morgan fingerprint density at radius 2 is 1.64 bits per heavy atom. The quantitative estimate of drug-likeness (QED) is 0.0465. The summed E-state index contributed by atoms with van der Waals surface area (Å²) in [5, 5.41) is 60.0. The van der Waals surface area contributed by atoms with E-state index in [1.54, 1.807) is 11.1 Å². The molecule has 0 saturated heterocycles. The van der Waals surface area contributed by atoms with Crippen LogP contribution in [0.3, 0.4) is 0 Å². The zero-order chi connectivity index (χ0) is 40.5. The van der Waals surface area contributed by atoms with Crippen LogP contribution in [0.1, 0.15) is 77.1 Å². The van der Waals surface area contributed by atoms with Crippen molar-refractivity contribution in [3.8, 4) is 0 Å². The molecule has 16 heteroatoms. The largest absolute Gasteiger partial charge is 0.394 e. The third kappa shape index (κ3) is 14.0. The standard InChI is InChI=1S/C39H59ClN8O7/c1-4-6-7-10-18-47(23-30(50)33(52)34(53)31(51)24-49)48(5-2)39(55)29-15-11-13-26(19-29)16-17-43-21-27(20-28-14-9-8-12-25(28)3)22-44-38(54)32-36(41)46-37(42)35(40)45-32/h8-9,11-15,19,27,30-31,33-34,43,49-53H,4-7,10,16-18,20-24H2,1-3H3,(H,44,54)(H4,41,42,46)/t27?,30-,31+,33+,34+/m0/s1. The van der Waals surface area contributed by atoms with Gasteiger partial charge in [-0.3, -0.25) is 14.6 Å². The molecule has 3 aromatic rings. The molecule has 0 saturated carbocycles. The Morgan fingerprint density at radius 3 is 2.33 bits per heavy atom. The van der Waals surface area contributed by atoms with Crippen LogP contribution in [-0.2, 0) is 12.8 Å².